The van der Waals surface area contributed by atoms with Crippen molar-refractivity contribution in [3.8, 4) is 5.75 Å². The van der Waals surface area contributed by atoms with Crippen LogP contribution in [0.3, 0.4) is 0 Å². The van der Waals surface area contributed by atoms with Crippen molar-refractivity contribution >= 4 is 17.7 Å². The van der Waals surface area contributed by atoms with E-state index in [2.05, 4.69) is 15.2 Å². The maximum atomic E-state index is 14.8. The summed E-state index contributed by atoms with van der Waals surface area (Å²) in [6.45, 7) is 4.40. The minimum absolute atomic E-state index is 0.0735. The molecule has 0 aromatic heterocycles. The number of carbonyl (C=O) groups is 1. The number of anilines is 1. The van der Waals surface area contributed by atoms with Crippen molar-refractivity contribution in [1.82, 2.24) is 24.9 Å². The molecule has 2 amide bonds. The first-order valence-corrected chi connectivity index (χ1v) is 11.5. The van der Waals surface area contributed by atoms with Gasteiger partial charge < -0.3 is 24.5 Å². The van der Waals surface area contributed by atoms with Crippen molar-refractivity contribution in [2.75, 3.05) is 71.0 Å². The Balaban J connectivity index is 1.18. The van der Waals surface area contributed by atoms with E-state index in [1.54, 1.807) is 16.0 Å². The van der Waals surface area contributed by atoms with Crippen LogP contribution in [0.1, 0.15) is 6.42 Å². The Morgan fingerprint density at radius 3 is 2.53 bits per heavy atom. The number of amides is 2. The Morgan fingerprint density at radius 1 is 1.15 bits per heavy atom. The van der Waals surface area contributed by atoms with Gasteiger partial charge in [-0.05, 0) is 6.42 Å². The largest absolute Gasteiger partial charge is 0.492 e. The number of fused-ring (bicyclic) bond motifs is 1. The third kappa shape index (κ3) is 4.60. The number of benzene rings is 1. The van der Waals surface area contributed by atoms with Crippen LogP contribution in [-0.2, 0) is 0 Å². The summed E-state index contributed by atoms with van der Waals surface area (Å²) in [5.41, 5.74) is -0.0735. The maximum absolute atomic E-state index is 14.8. The molecule has 1 aromatic rings. The van der Waals surface area contributed by atoms with Crippen molar-refractivity contribution in [3.63, 3.8) is 0 Å². The van der Waals surface area contributed by atoms with Crippen LogP contribution < -0.4 is 15.0 Å². The number of ether oxygens (including phenoxy) is 1. The monoisotopic (exact) mass is 477 g/mol. The van der Waals surface area contributed by atoms with Crippen LogP contribution in [0.5, 0.6) is 5.75 Å². The summed E-state index contributed by atoms with van der Waals surface area (Å²) >= 11 is 0. The second-order valence-corrected chi connectivity index (χ2v) is 8.98. The molecule has 4 aliphatic heterocycles. The zero-order valence-electron chi connectivity index (χ0n) is 19.1. The Morgan fingerprint density at radius 2 is 1.85 bits per heavy atom. The Labute approximate surface area is 196 Å². The molecule has 0 bridgehead atoms. The van der Waals surface area contributed by atoms with Crippen molar-refractivity contribution in [1.29, 1.82) is 0 Å². The summed E-state index contributed by atoms with van der Waals surface area (Å²) in [5, 5.41) is 12.4. The molecule has 0 saturated carbocycles. The van der Waals surface area contributed by atoms with Gasteiger partial charge in [0.15, 0.2) is 17.5 Å². The number of guanidine groups is 1. The van der Waals surface area contributed by atoms with Gasteiger partial charge in [-0.1, -0.05) is 0 Å². The lowest BCUT2D eigenvalue weighted by molar-refractivity contribution is 0.167. The van der Waals surface area contributed by atoms with Gasteiger partial charge in [0.1, 0.15) is 24.7 Å². The molecule has 2 fully saturated rings. The zero-order chi connectivity index (χ0) is 23.8. The number of aliphatic imine (C=N–C) groups is 1. The van der Waals surface area contributed by atoms with Crippen LogP contribution in [0, 0.1) is 11.6 Å². The molecule has 1 unspecified atom stereocenters. The summed E-state index contributed by atoms with van der Waals surface area (Å²) in [7, 11) is 1.87. The first-order chi connectivity index (χ1) is 16.4. The van der Waals surface area contributed by atoms with Crippen LogP contribution in [0.4, 0.5) is 19.3 Å². The summed E-state index contributed by atoms with van der Waals surface area (Å²) in [6.07, 6.45) is 2.23. The number of urea groups is 1. The summed E-state index contributed by atoms with van der Waals surface area (Å²) in [5.74, 6) is -0.151. The van der Waals surface area contributed by atoms with Gasteiger partial charge in [0.05, 0.1) is 6.10 Å². The van der Waals surface area contributed by atoms with E-state index in [0.29, 0.717) is 64.3 Å². The van der Waals surface area contributed by atoms with Gasteiger partial charge in [-0.2, -0.15) is 4.99 Å². The molecular weight excluding hydrogens is 448 g/mol. The second-order valence-electron chi connectivity index (χ2n) is 8.98. The number of piperazine rings is 1. The lowest BCUT2D eigenvalue weighted by Crippen LogP contribution is -2.57. The first-order valence-electron chi connectivity index (χ1n) is 11.5. The van der Waals surface area contributed by atoms with E-state index in [1.165, 1.54) is 12.1 Å². The SMILES string of the molecule is CN1C=C2N=C(N3CCN(c4c(F)cc(OCCN5CCC(O)C5)cc4F)CC3)NC(=O)N2C1. The number of β-amino-alcohol motifs (C(OH)–C–C–N with tert-alkyl or cyclic N) is 1. The van der Waals surface area contributed by atoms with Gasteiger partial charge in [-0.25, -0.2) is 13.6 Å². The standard InChI is InChI=1S/C22H29F2N7O3/c1-27-13-19-25-21(26-22(33)31(19)14-27)30-6-4-29(5-7-30)20-17(23)10-16(11-18(20)24)34-9-8-28-3-2-15(32)12-28/h10-11,13,15,32H,2-9,12,14H2,1H3,(H,25,26,33). The average molecular weight is 478 g/mol. The smallest absolute Gasteiger partial charge is 0.331 e. The number of aliphatic hydroxyl groups is 1. The maximum Gasteiger partial charge on any atom is 0.331 e. The molecule has 4 heterocycles. The number of hydrogen-bond donors (Lipinski definition) is 2. The predicted molar refractivity (Wildman–Crippen MR) is 121 cm³/mol. The van der Waals surface area contributed by atoms with Gasteiger partial charge in [0.25, 0.3) is 0 Å². The van der Waals surface area contributed by atoms with E-state index in [0.717, 1.165) is 13.0 Å². The van der Waals surface area contributed by atoms with Gasteiger partial charge in [0, 0.05) is 71.2 Å². The molecule has 1 aromatic carbocycles. The van der Waals surface area contributed by atoms with E-state index < -0.39 is 11.6 Å². The predicted octanol–water partition coefficient (Wildman–Crippen LogP) is 0.615. The fourth-order valence-corrected chi connectivity index (χ4v) is 4.69. The van der Waals surface area contributed by atoms with Crippen molar-refractivity contribution in [2.45, 2.75) is 12.5 Å². The Bertz CT molecular complexity index is 989. The third-order valence-electron chi connectivity index (χ3n) is 6.47. The van der Waals surface area contributed by atoms with Crippen LogP contribution in [-0.4, -0.2) is 109 Å². The van der Waals surface area contributed by atoms with Crippen LogP contribution in [0.25, 0.3) is 0 Å². The summed E-state index contributed by atoms with van der Waals surface area (Å²) < 4.78 is 35.2. The molecule has 12 heteroatoms. The average Bonchev–Trinajstić information content (AvgIpc) is 3.38. The molecule has 34 heavy (non-hydrogen) atoms. The Hall–Kier alpha value is -3.12. The fourth-order valence-electron chi connectivity index (χ4n) is 4.69. The number of hydrogen-bond acceptors (Lipinski definition) is 8. The summed E-state index contributed by atoms with van der Waals surface area (Å²) in [6, 6.07) is 2.19. The minimum atomic E-state index is -0.668. The summed E-state index contributed by atoms with van der Waals surface area (Å²) in [4.78, 5) is 25.9. The molecule has 184 valence electrons. The molecular formula is C22H29F2N7O3. The number of rotatable bonds is 5. The number of halogens is 2. The van der Waals surface area contributed by atoms with E-state index >= 15 is 0 Å². The highest BCUT2D eigenvalue weighted by molar-refractivity contribution is 5.99. The molecule has 0 spiro atoms. The van der Waals surface area contributed by atoms with Crippen LogP contribution in [0.2, 0.25) is 0 Å². The lowest BCUT2D eigenvalue weighted by Gasteiger charge is -2.39. The van der Waals surface area contributed by atoms with E-state index in [4.69, 9.17) is 4.74 Å². The Kier molecular flexibility index (Phi) is 6.17. The lowest BCUT2D eigenvalue weighted by atomic mass is 10.2. The van der Waals surface area contributed by atoms with Crippen LogP contribution in [0.15, 0.2) is 29.1 Å². The number of nitrogens with one attached hydrogen (secondary N) is 1. The van der Waals surface area contributed by atoms with Gasteiger partial charge in [-0.3, -0.25) is 15.1 Å². The first kappa shape index (κ1) is 22.7. The van der Waals surface area contributed by atoms with Crippen molar-refractivity contribution < 1.29 is 23.4 Å². The molecule has 4 aliphatic rings. The quantitative estimate of drug-likeness (QED) is 0.643. The molecule has 1 atom stereocenters. The number of likely N-dealkylation sites (tertiary alicyclic amines) is 1. The molecule has 2 N–H and O–H groups in total. The highest BCUT2D eigenvalue weighted by Crippen LogP contribution is 2.29. The number of nitrogens with zero attached hydrogens (tertiary/aromatic N) is 6. The minimum Gasteiger partial charge on any atom is -0.492 e. The van der Waals surface area contributed by atoms with E-state index in [-0.39, 0.29) is 23.6 Å². The zero-order valence-corrected chi connectivity index (χ0v) is 19.1. The molecule has 10 nitrogen and oxygen atoms in total. The molecule has 5 rings (SSSR count). The molecule has 0 aliphatic carbocycles. The van der Waals surface area contributed by atoms with Crippen LogP contribution >= 0.6 is 0 Å². The highest BCUT2D eigenvalue weighted by Gasteiger charge is 2.33. The van der Waals surface area contributed by atoms with Crippen molar-refractivity contribution in [3.05, 3.63) is 35.8 Å². The van der Waals surface area contributed by atoms with E-state index in [1.807, 2.05) is 16.8 Å². The topological polar surface area (TPSA) is 87.1 Å². The second kappa shape index (κ2) is 9.26. The van der Waals surface area contributed by atoms with Gasteiger partial charge in [0.2, 0.25) is 5.96 Å². The van der Waals surface area contributed by atoms with Gasteiger partial charge >= 0.3 is 6.03 Å². The number of carbonyl (C=O) groups excluding carboxylic acids is 1. The normalized spacial score (nSPS) is 23.2. The highest BCUT2D eigenvalue weighted by atomic mass is 19.1. The molecule has 2 saturated heterocycles. The van der Waals surface area contributed by atoms with E-state index in [9.17, 15) is 18.7 Å². The van der Waals surface area contributed by atoms with Crippen molar-refractivity contribution in [2.24, 2.45) is 4.99 Å². The fraction of sp³-hybridized carbons (Fsp3) is 0.545. The molecule has 0 radical (unpaired) electrons. The third-order valence-corrected chi connectivity index (χ3v) is 6.47. The van der Waals surface area contributed by atoms with Gasteiger partial charge in [-0.15, -0.1) is 0 Å². The number of aliphatic hydroxyl groups excluding tert-OH is 1.